The molecule has 1 aromatic rings. The molecule has 1 aliphatic rings. The lowest BCUT2D eigenvalue weighted by Gasteiger charge is -2.35. The Kier molecular flexibility index (Phi) is 7.68. The Morgan fingerprint density at radius 3 is 2.54 bits per heavy atom. The van der Waals surface area contributed by atoms with Gasteiger partial charge in [-0.3, -0.25) is 14.9 Å². The predicted octanol–water partition coefficient (Wildman–Crippen LogP) is 4.06. The lowest BCUT2D eigenvalue weighted by atomic mass is 9.85. The molecule has 1 aliphatic heterocycles. The zero-order valence-electron chi connectivity index (χ0n) is 16.0. The van der Waals surface area contributed by atoms with Gasteiger partial charge in [-0.1, -0.05) is 19.9 Å². The summed E-state index contributed by atoms with van der Waals surface area (Å²) >= 11 is 0. The van der Waals surface area contributed by atoms with Gasteiger partial charge >= 0.3 is 5.97 Å². The van der Waals surface area contributed by atoms with E-state index in [1.54, 1.807) is 13.0 Å². The van der Waals surface area contributed by atoms with E-state index in [2.05, 4.69) is 0 Å². The lowest BCUT2D eigenvalue weighted by Crippen LogP contribution is -2.42. The van der Waals surface area contributed by atoms with Crippen LogP contribution in [0.2, 0.25) is 0 Å². The van der Waals surface area contributed by atoms with Crippen molar-refractivity contribution in [2.45, 2.75) is 51.5 Å². The third kappa shape index (κ3) is 5.15. The van der Waals surface area contributed by atoms with Gasteiger partial charge in [-0.25, -0.2) is 8.78 Å². The van der Waals surface area contributed by atoms with Crippen molar-refractivity contribution in [3.05, 3.63) is 33.9 Å². The van der Waals surface area contributed by atoms with E-state index in [1.807, 2.05) is 6.92 Å². The number of alkyl halides is 2. The van der Waals surface area contributed by atoms with E-state index in [1.165, 1.54) is 17.0 Å². The first kappa shape index (κ1) is 22.0. The summed E-state index contributed by atoms with van der Waals surface area (Å²) in [5.74, 6) is -2.11. The molecule has 0 saturated carbocycles. The minimum absolute atomic E-state index is 0.138. The second-order valence-electron chi connectivity index (χ2n) is 7.03. The van der Waals surface area contributed by atoms with Crippen molar-refractivity contribution in [2.75, 3.05) is 24.7 Å². The summed E-state index contributed by atoms with van der Waals surface area (Å²) in [6.45, 7) is 3.61. The fourth-order valence-electron chi connectivity index (χ4n) is 3.80. The van der Waals surface area contributed by atoms with Crippen LogP contribution in [0.1, 0.15) is 44.6 Å². The number of carboxylic acids is 1. The molecule has 0 spiro atoms. The molecule has 1 fully saturated rings. The average molecular weight is 400 g/mol. The van der Waals surface area contributed by atoms with Crippen LogP contribution in [0.3, 0.4) is 0 Å². The lowest BCUT2D eigenvalue weighted by molar-refractivity contribution is -0.384. The highest BCUT2D eigenvalue weighted by molar-refractivity contribution is 5.72. The van der Waals surface area contributed by atoms with E-state index in [-0.39, 0.29) is 17.4 Å². The van der Waals surface area contributed by atoms with Gasteiger partial charge in [-0.05, 0) is 36.8 Å². The van der Waals surface area contributed by atoms with Crippen LogP contribution in [0.25, 0.3) is 0 Å². The minimum atomic E-state index is -2.64. The van der Waals surface area contributed by atoms with E-state index >= 15 is 0 Å². The topological polar surface area (TPSA) is 92.9 Å². The van der Waals surface area contributed by atoms with Gasteiger partial charge in [0.1, 0.15) is 5.69 Å². The molecule has 0 aromatic heterocycles. The van der Waals surface area contributed by atoms with Crippen molar-refractivity contribution in [1.29, 1.82) is 0 Å². The maximum Gasteiger partial charge on any atom is 0.306 e. The van der Waals surface area contributed by atoms with Gasteiger partial charge in [0.2, 0.25) is 0 Å². The molecule has 0 amide bonds. The van der Waals surface area contributed by atoms with Gasteiger partial charge in [0, 0.05) is 25.3 Å². The number of carboxylic acid groups (broad SMARTS) is 1. The van der Waals surface area contributed by atoms with Crippen LogP contribution in [-0.2, 0) is 9.53 Å². The van der Waals surface area contributed by atoms with Crippen LogP contribution >= 0.6 is 0 Å². The van der Waals surface area contributed by atoms with Crippen LogP contribution in [0.4, 0.5) is 20.2 Å². The van der Waals surface area contributed by atoms with Crippen molar-refractivity contribution >= 4 is 17.3 Å². The molecule has 28 heavy (non-hydrogen) atoms. The molecular formula is C19H26F2N2O5. The fourth-order valence-corrected chi connectivity index (χ4v) is 3.80. The molecule has 0 bridgehead atoms. The highest BCUT2D eigenvalue weighted by atomic mass is 19.3. The molecule has 2 unspecified atom stereocenters. The molecule has 1 aromatic carbocycles. The number of ether oxygens (including phenoxy) is 1. The highest BCUT2D eigenvalue weighted by Crippen LogP contribution is 2.37. The smallest absolute Gasteiger partial charge is 0.306 e. The first-order valence-corrected chi connectivity index (χ1v) is 9.39. The third-order valence-corrected chi connectivity index (χ3v) is 5.33. The molecule has 1 saturated heterocycles. The number of nitrogens with zero attached hydrogens (tertiary/aromatic N) is 2. The normalized spacial score (nSPS) is 17.3. The molecule has 7 nitrogen and oxygen atoms in total. The third-order valence-electron chi connectivity index (χ3n) is 5.33. The Morgan fingerprint density at radius 2 is 2.04 bits per heavy atom. The van der Waals surface area contributed by atoms with Crippen molar-refractivity contribution in [1.82, 2.24) is 0 Å². The van der Waals surface area contributed by atoms with Crippen molar-refractivity contribution in [2.24, 2.45) is 5.92 Å². The Bertz CT molecular complexity index is 695. The number of aliphatic carboxylic acids is 1. The average Bonchev–Trinajstić information content (AvgIpc) is 2.67. The van der Waals surface area contributed by atoms with Gasteiger partial charge in [0.05, 0.1) is 17.4 Å². The largest absolute Gasteiger partial charge is 0.481 e. The van der Waals surface area contributed by atoms with E-state index in [9.17, 15) is 28.8 Å². The predicted molar refractivity (Wildman–Crippen MR) is 100 cm³/mol. The fraction of sp³-hybridized carbons (Fsp3) is 0.632. The van der Waals surface area contributed by atoms with Crippen LogP contribution in [0.15, 0.2) is 18.2 Å². The number of hydrogen-bond donors (Lipinski definition) is 1. The first-order chi connectivity index (χ1) is 13.3. The summed E-state index contributed by atoms with van der Waals surface area (Å²) in [4.78, 5) is 23.9. The molecule has 1 N–H and O–H groups in total. The summed E-state index contributed by atoms with van der Waals surface area (Å²) in [7, 11) is 0. The minimum Gasteiger partial charge on any atom is -0.481 e. The van der Waals surface area contributed by atoms with Crippen molar-refractivity contribution < 1.29 is 28.3 Å². The number of carbonyl (C=O) groups is 1. The number of nitro benzene ring substituents is 1. The van der Waals surface area contributed by atoms with Crippen LogP contribution < -0.4 is 4.90 Å². The summed E-state index contributed by atoms with van der Waals surface area (Å²) in [5, 5.41) is 21.0. The summed E-state index contributed by atoms with van der Waals surface area (Å²) in [5.41, 5.74) is 0.385. The number of nitro groups is 1. The van der Waals surface area contributed by atoms with E-state index in [4.69, 9.17) is 4.74 Å². The quantitative estimate of drug-likeness (QED) is 0.496. The maximum absolute atomic E-state index is 13.2. The number of rotatable bonds is 9. The molecule has 2 rings (SSSR count). The molecule has 156 valence electrons. The molecule has 0 aliphatic carbocycles. The van der Waals surface area contributed by atoms with E-state index in [0.717, 1.165) is 0 Å². The second kappa shape index (κ2) is 9.77. The van der Waals surface area contributed by atoms with E-state index < -0.39 is 35.7 Å². The van der Waals surface area contributed by atoms with Gasteiger partial charge in [0.25, 0.3) is 12.1 Å². The Labute approximate surface area is 162 Å². The highest BCUT2D eigenvalue weighted by Gasteiger charge is 2.31. The zero-order valence-corrected chi connectivity index (χ0v) is 16.0. The Hall–Kier alpha value is -2.29. The van der Waals surface area contributed by atoms with Crippen molar-refractivity contribution in [3.63, 3.8) is 0 Å². The van der Waals surface area contributed by atoms with E-state index in [0.29, 0.717) is 38.0 Å². The summed E-state index contributed by atoms with van der Waals surface area (Å²) < 4.78 is 31.7. The molecule has 2 atom stereocenters. The Morgan fingerprint density at radius 1 is 1.39 bits per heavy atom. The summed E-state index contributed by atoms with van der Waals surface area (Å²) in [6, 6.07) is 4.16. The van der Waals surface area contributed by atoms with Gasteiger partial charge in [-0.15, -0.1) is 0 Å². The zero-order chi connectivity index (χ0) is 20.8. The maximum atomic E-state index is 13.2. The van der Waals surface area contributed by atoms with Crippen LogP contribution in [-0.4, -0.2) is 48.2 Å². The van der Waals surface area contributed by atoms with Gasteiger partial charge in [-0.2, -0.15) is 0 Å². The van der Waals surface area contributed by atoms with Gasteiger partial charge < -0.3 is 14.7 Å². The molecule has 0 radical (unpaired) electrons. The number of hydrogen-bond acceptors (Lipinski definition) is 5. The first-order valence-electron chi connectivity index (χ1n) is 9.39. The number of anilines is 1. The molecule has 1 heterocycles. The molecular weight excluding hydrogens is 374 g/mol. The van der Waals surface area contributed by atoms with Gasteiger partial charge in [0.15, 0.2) is 0 Å². The van der Waals surface area contributed by atoms with Crippen LogP contribution in [0.5, 0.6) is 0 Å². The monoisotopic (exact) mass is 400 g/mol. The van der Waals surface area contributed by atoms with Crippen LogP contribution in [0, 0.1) is 16.0 Å². The Balaban J connectivity index is 2.46. The molecule has 9 heteroatoms. The standard InChI is InChI=1S/C19H26F2N2O5/c1-3-15(12(2)19(24)25)13-4-5-16(17(10-13)23(26)27)22(11-18(20)21)14-6-8-28-9-7-14/h4-5,10,12,14-15,18H,3,6-9,11H2,1-2H3,(H,24,25). The van der Waals surface area contributed by atoms with Crippen molar-refractivity contribution in [3.8, 4) is 0 Å². The summed E-state index contributed by atoms with van der Waals surface area (Å²) in [6.07, 6.45) is -1.12. The number of halogens is 2. The second-order valence-corrected chi connectivity index (χ2v) is 7.03. The SMILES string of the molecule is CCC(c1ccc(N(CC(F)F)C2CCOCC2)c([N+](=O)[O-])c1)C(C)C(=O)O. The number of benzene rings is 1.